The van der Waals surface area contributed by atoms with Gasteiger partial charge in [-0.15, -0.1) is 5.10 Å². The van der Waals surface area contributed by atoms with Crippen LogP contribution in [-0.4, -0.2) is 37.8 Å². The zero-order valence-corrected chi connectivity index (χ0v) is 10.9. The van der Waals surface area contributed by atoms with Gasteiger partial charge in [-0.05, 0) is 41.1 Å². The third-order valence-electron chi connectivity index (χ3n) is 2.37. The minimum atomic E-state index is -0.232. The van der Waals surface area contributed by atoms with E-state index in [4.69, 9.17) is 5.11 Å². The van der Waals surface area contributed by atoms with Gasteiger partial charge in [-0.25, -0.2) is 4.68 Å². The molecule has 0 saturated heterocycles. The number of aryl methyl sites for hydroxylation is 1. The maximum Gasteiger partial charge on any atom is 0.246 e. The maximum atomic E-state index is 11.8. The Morgan fingerprint density at radius 1 is 1.45 bits per heavy atom. The van der Waals surface area contributed by atoms with E-state index in [2.05, 4.69) is 32.7 Å². The molecule has 0 saturated carbocycles. The molecule has 0 bridgehead atoms. The van der Waals surface area contributed by atoms with E-state index in [1.807, 2.05) is 19.1 Å². The number of amides is 1. The van der Waals surface area contributed by atoms with E-state index in [9.17, 15) is 4.79 Å². The van der Waals surface area contributed by atoms with Gasteiger partial charge in [0.15, 0.2) is 0 Å². The van der Waals surface area contributed by atoms with Gasteiger partial charge in [-0.1, -0.05) is 11.8 Å². The van der Waals surface area contributed by atoms with E-state index < -0.39 is 0 Å². The highest BCUT2D eigenvalue weighted by Gasteiger charge is 2.05. The fourth-order valence-corrected chi connectivity index (χ4v) is 1.67. The number of hydrogen-bond acceptors (Lipinski definition) is 5. The lowest BCUT2D eigenvalue weighted by molar-refractivity contribution is -0.116. The van der Waals surface area contributed by atoms with Crippen LogP contribution in [0.1, 0.15) is 11.1 Å². The van der Waals surface area contributed by atoms with Gasteiger partial charge in [-0.3, -0.25) is 4.79 Å². The number of aromatic nitrogens is 4. The van der Waals surface area contributed by atoms with Crippen LogP contribution in [0.15, 0.2) is 24.5 Å². The second kappa shape index (κ2) is 6.45. The molecule has 20 heavy (non-hydrogen) atoms. The Hall–Kier alpha value is -2.72. The summed E-state index contributed by atoms with van der Waals surface area (Å²) in [7, 11) is 0. The lowest BCUT2D eigenvalue weighted by Crippen LogP contribution is -2.19. The lowest BCUT2D eigenvalue weighted by Gasteiger charge is -2.06. The number of hydrogen-bond donors (Lipinski definition) is 2. The Morgan fingerprint density at radius 2 is 2.30 bits per heavy atom. The molecule has 0 aliphatic heterocycles. The molecule has 0 atom stereocenters. The van der Waals surface area contributed by atoms with Crippen molar-refractivity contribution in [3.63, 3.8) is 0 Å². The van der Waals surface area contributed by atoms with Crippen LogP contribution >= 0.6 is 0 Å². The molecule has 1 aromatic heterocycles. The van der Waals surface area contributed by atoms with Crippen LogP contribution < -0.4 is 5.32 Å². The molecule has 2 aromatic rings. The molecule has 0 aliphatic carbocycles. The summed E-state index contributed by atoms with van der Waals surface area (Å²) in [5.41, 5.74) is 2.34. The number of tetrazole rings is 1. The van der Waals surface area contributed by atoms with Crippen LogP contribution in [0, 0.1) is 18.8 Å². The summed E-state index contributed by atoms with van der Waals surface area (Å²) in [4.78, 5) is 11.8. The van der Waals surface area contributed by atoms with Gasteiger partial charge in [0.1, 0.15) is 19.5 Å². The van der Waals surface area contributed by atoms with Crippen molar-refractivity contribution in [3.05, 3.63) is 35.7 Å². The highest BCUT2D eigenvalue weighted by Crippen LogP contribution is 2.14. The summed E-state index contributed by atoms with van der Waals surface area (Å²) in [5.74, 6) is 5.14. The highest BCUT2D eigenvalue weighted by molar-refractivity contribution is 5.90. The first-order chi connectivity index (χ1) is 9.67. The fourth-order valence-electron chi connectivity index (χ4n) is 1.67. The number of rotatable bonds is 3. The van der Waals surface area contributed by atoms with E-state index in [1.54, 1.807) is 6.07 Å². The third-order valence-corrected chi connectivity index (χ3v) is 2.37. The summed E-state index contributed by atoms with van der Waals surface area (Å²) in [6, 6.07) is 5.45. The van der Waals surface area contributed by atoms with Gasteiger partial charge in [0.25, 0.3) is 0 Å². The summed E-state index contributed by atoms with van der Waals surface area (Å²) < 4.78 is 1.33. The number of carbonyl (C=O) groups is 1. The van der Waals surface area contributed by atoms with Gasteiger partial charge < -0.3 is 10.4 Å². The molecule has 7 nitrogen and oxygen atoms in total. The molecule has 2 rings (SSSR count). The van der Waals surface area contributed by atoms with Crippen LogP contribution in [0.25, 0.3) is 0 Å². The monoisotopic (exact) mass is 271 g/mol. The molecule has 7 heteroatoms. The van der Waals surface area contributed by atoms with E-state index in [0.29, 0.717) is 5.69 Å². The Balaban J connectivity index is 2.08. The number of aliphatic hydroxyl groups excluding tert-OH is 1. The number of nitrogens with one attached hydrogen (secondary N) is 1. The smallest absolute Gasteiger partial charge is 0.246 e. The first-order valence-electron chi connectivity index (χ1n) is 5.89. The van der Waals surface area contributed by atoms with Crippen molar-refractivity contribution in [1.29, 1.82) is 0 Å². The first kappa shape index (κ1) is 13.7. The molecular formula is C13H13N5O2. The average molecular weight is 271 g/mol. The van der Waals surface area contributed by atoms with Gasteiger partial charge >= 0.3 is 0 Å². The molecule has 0 fully saturated rings. The van der Waals surface area contributed by atoms with Crippen LogP contribution in [0.5, 0.6) is 0 Å². The summed E-state index contributed by atoms with van der Waals surface area (Å²) in [5, 5.41) is 22.0. The number of anilines is 1. The van der Waals surface area contributed by atoms with Crippen molar-refractivity contribution in [2.45, 2.75) is 13.5 Å². The first-order valence-corrected chi connectivity index (χ1v) is 5.89. The Labute approximate surface area is 115 Å². The van der Waals surface area contributed by atoms with E-state index in [-0.39, 0.29) is 19.1 Å². The van der Waals surface area contributed by atoms with Gasteiger partial charge in [0.2, 0.25) is 5.91 Å². The number of nitrogens with zero attached hydrogens (tertiary/aromatic N) is 4. The number of carbonyl (C=O) groups excluding carboxylic acids is 1. The largest absolute Gasteiger partial charge is 0.384 e. The van der Waals surface area contributed by atoms with E-state index >= 15 is 0 Å². The zero-order valence-electron chi connectivity index (χ0n) is 10.9. The van der Waals surface area contributed by atoms with Crippen molar-refractivity contribution >= 4 is 11.6 Å². The molecule has 1 amide bonds. The summed E-state index contributed by atoms with van der Waals surface area (Å²) in [6.45, 7) is 1.74. The Bertz CT molecular complexity index is 655. The molecule has 0 unspecified atom stereocenters. The second-order valence-electron chi connectivity index (χ2n) is 4.10. The van der Waals surface area contributed by atoms with Crippen molar-refractivity contribution in [1.82, 2.24) is 20.2 Å². The third kappa shape index (κ3) is 3.90. The zero-order chi connectivity index (χ0) is 14.4. The normalized spacial score (nSPS) is 9.70. The SMILES string of the molecule is Cc1cc(C#CCO)cc(NC(=O)Cn2cnnn2)c1. The van der Waals surface area contributed by atoms with Crippen LogP contribution in [-0.2, 0) is 11.3 Å². The highest BCUT2D eigenvalue weighted by atomic mass is 16.2. The van der Waals surface area contributed by atoms with Crippen molar-refractivity contribution in [2.24, 2.45) is 0 Å². The summed E-state index contributed by atoms with van der Waals surface area (Å²) in [6.07, 6.45) is 1.37. The summed E-state index contributed by atoms with van der Waals surface area (Å²) >= 11 is 0. The molecule has 0 radical (unpaired) electrons. The number of benzene rings is 1. The van der Waals surface area contributed by atoms with Gasteiger partial charge in [-0.2, -0.15) is 0 Å². The fraction of sp³-hybridized carbons (Fsp3) is 0.231. The average Bonchev–Trinajstić information content (AvgIpc) is 2.88. The van der Waals surface area contributed by atoms with Crippen molar-refractivity contribution < 1.29 is 9.90 Å². The standard InChI is InChI=1S/C13H13N5O2/c1-10-5-11(3-2-4-19)7-12(6-10)15-13(20)8-18-9-14-16-17-18/h5-7,9,19H,4,8H2,1H3,(H,15,20). The minimum absolute atomic E-state index is 0.0403. The predicted octanol–water partition coefficient (Wildman–Crippen LogP) is -0.0360. The molecule has 2 N–H and O–H groups in total. The quantitative estimate of drug-likeness (QED) is 0.764. The van der Waals surface area contributed by atoms with Gasteiger partial charge in [0, 0.05) is 11.3 Å². The van der Waals surface area contributed by atoms with Crippen molar-refractivity contribution in [3.8, 4) is 11.8 Å². The molecule has 0 spiro atoms. The minimum Gasteiger partial charge on any atom is -0.384 e. The molecule has 0 aliphatic rings. The van der Waals surface area contributed by atoms with E-state index in [1.165, 1.54) is 11.0 Å². The van der Waals surface area contributed by atoms with E-state index in [0.717, 1.165) is 11.1 Å². The topological polar surface area (TPSA) is 92.9 Å². The molecule has 1 heterocycles. The van der Waals surface area contributed by atoms with Crippen LogP contribution in [0.2, 0.25) is 0 Å². The Kier molecular flexibility index (Phi) is 4.42. The van der Waals surface area contributed by atoms with Crippen LogP contribution in [0.3, 0.4) is 0 Å². The molecular weight excluding hydrogens is 258 g/mol. The van der Waals surface area contributed by atoms with Crippen molar-refractivity contribution in [2.75, 3.05) is 11.9 Å². The number of aliphatic hydroxyl groups is 1. The van der Waals surface area contributed by atoms with Crippen LogP contribution in [0.4, 0.5) is 5.69 Å². The molecule has 1 aromatic carbocycles. The lowest BCUT2D eigenvalue weighted by atomic mass is 10.1. The maximum absolute atomic E-state index is 11.8. The second-order valence-corrected chi connectivity index (χ2v) is 4.10. The predicted molar refractivity (Wildman–Crippen MR) is 71.6 cm³/mol. The molecule has 102 valence electrons. The van der Waals surface area contributed by atoms with Gasteiger partial charge in [0.05, 0.1) is 0 Å². The Morgan fingerprint density at radius 3 is 3.00 bits per heavy atom.